The number of nitrogens with one attached hydrogen (secondary N) is 9. The number of guanidine groups is 1. The molecule has 0 aromatic heterocycles. The molecule has 33 nitrogen and oxygen atoms in total. The van der Waals surface area contributed by atoms with Gasteiger partial charge in [0.15, 0.2) is 5.96 Å². The molecule has 1 aromatic carbocycles. The summed E-state index contributed by atoms with van der Waals surface area (Å²) in [6.45, 7) is 4.25. The van der Waals surface area contributed by atoms with Gasteiger partial charge in [-0.05, 0) is 68.9 Å². The van der Waals surface area contributed by atoms with Crippen LogP contribution in [0.4, 0.5) is 0 Å². The topological polar surface area (TPSA) is 574 Å². The third kappa shape index (κ3) is 28.5. The van der Waals surface area contributed by atoms with Gasteiger partial charge in [0.2, 0.25) is 59.1 Å². The Balaban J connectivity index is 3.48. The first-order valence-corrected chi connectivity index (χ1v) is 27.4. The molecular weight excluding hydrogens is 1120 g/mol. The van der Waals surface area contributed by atoms with Crippen LogP contribution in [0.15, 0.2) is 35.3 Å². The van der Waals surface area contributed by atoms with E-state index >= 15 is 0 Å². The predicted octanol–water partition coefficient (Wildman–Crippen LogP) is -6.52. The molecule has 85 heavy (non-hydrogen) atoms. The number of aliphatic hydroxyl groups is 2. The summed E-state index contributed by atoms with van der Waals surface area (Å²) in [5.74, 6) is -16.5. The molecule has 476 valence electrons. The fourth-order valence-electron chi connectivity index (χ4n) is 7.99. The largest absolute Gasteiger partial charge is 0.481 e. The van der Waals surface area contributed by atoms with E-state index in [4.69, 9.17) is 28.7 Å². The van der Waals surface area contributed by atoms with E-state index in [1.54, 1.807) is 44.2 Å². The van der Waals surface area contributed by atoms with Crippen molar-refractivity contribution in [3.63, 3.8) is 0 Å². The van der Waals surface area contributed by atoms with Gasteiger partial charge >= 0.3 is 17.9 Å². The van der Waals surface area contributed by atoms with Gasteiger partial charge in [0, 0.05) is 25.8 Å². The minimum absolute atomic E-state index is 0.0265. The average molecular weight is 1210 g/mol. The molecule has 1 aromatic rings. The van der Waals surface area contributed by atoms with Gasteiger partial charge < -0.3 is 102 Å². The lowest BCUT2D eigenvalue weighted by atomic mass is 9.95. The number of rotatable bonds is 42. The number of amides is 10. The van der Waals surface area contributed by atoms with E-state index in [1.165, 1.54) is 13.8 Å². The maximum Gasteiger partial charge on any atom is 0.326 e. The normalized spacial score (nSPS) is 14.9. The van der Waals surface area contributed by atoms with Gasteiger partial charge in [-0.2, -0.15) is 0 Å². The maximum absolute atomic E-state index is 14.2. The molecule has 0 radical (unpaired) electrons. The number of carbonyl (C=O) groups is 13. The number of hydrogen-bond donors (Lipinski definition) is 19. The molecule has 11 atom stereocenters. The van der Waals surface area contributed by atoms with Crippen molar-refractivity contribution in [3.8, 4) is 0 Å². The molecule has 0 unspecified atom stereocenters. The van der Waals surface area contributed by atoms with Crippen molar-refractivity contribution in [2.45, 2.75) is 165 Å². The second kappa shape index (κ2) is 39.1. The van der Waals surface area contributed by atoms with Crippen molar-refractivity contribution >= 4 is 82.9 Å². The van der Waals surface area contributed by atoms with E-state index in [-0.39, 0.29) is 51.2 Å². The number of aliphatic imine (C=N–C) groups is 1. The molecule has 0 aliphatic rings. The summed E-state index contributed by atoms with van der Waals surface area (Å²) >= 11 is 0. The van der Waals surface area contributed by atoms with Crippen molar-refractivity contribution in [2.75, 3.05) is 26.3 Å². The van der Waals surface area contributed by atoms with Crippen molar-refractivity contribution in [2.24, 2.45) is 45.5 Å². The van der Waals surface area contributed by atoms with Crippen molar-refractivity contribution < 1.29 is 87.9 Å². The van der Waals surface area contributed by atoms with Gasteiger partial charge in [0.25, 0.3) is 0 Å². The molecule has 0 aliphatic heterocycles. The summed E-state index contributed by atoms with van der Waals surface area (Å²) in [5.41, 5.74) is 27.6. The molecule has 0 heterocycles. The molecule has 0 saturated heterocycles. The van der Waals surface area contributed by atoms with Gasteiger partial charge in [-0.15, -0.1) is 0 Å². The molecule has 33 heteroatoms. The van der Waals surface area contributed by atoms with E-state index in [9.17, 15) is 87.9 Å². The van der Waals surface area contributed by atoms with E-state index < -0.39 is 195 Å². The lowest BCUT2D eigenvalue weighted by Gasteiger charge is -2.30. The van der Waals surface area contributed by atoms with Crippen molar-refractivity contribution in [1.29, 1.82) is 0 Å². The minimum Gasteiger partial charge on any atom is -0.481 e. The van der Waals surface area contributed by atoms with Crippen LogP contribution < -0.4 is 76.5 Å². The number of unbranched alkanes of at least 4 members (excludes halogenated alkanes) is 1. The summed E-state index contributed by atoms with van der Waals surface area (Å²) in [6.07, 6.45) is -2.54. The van der Waals surface area contributed by atoms with Gasteiger partial charge in [-0.3, -0.25) is 62.5 Å². The highest BCUT2D eigenvalue weighted by Crippen LogP contribution is 2.14. The Labute approximate surface area is 490 Å². The summed E-state index contributed by atoms with van der Waals surface area (Å²) in [6, 6.07) is -8.04. The highest BCUT2D eigenvalue weighted by Gasteiger charge is 2.37. The molecule has 24 N–H and O–H groups in total. The van der Waals surface area contributed by atoms with Crippen molar-refractivity contribution in [3.05, 3.63) is 35.9 Å². The fourth-order valence-corrected chi connectivity index (χ4v) is 7.99. The van der Waals surface area contributed by atoms with Gasteiger partial charge in [0.05, 0.1) is 25.7 Å². The zero-order valence-corrected chi connectivity index (χ0v) is 48.0. The van der Waals surface area contributed by atoms with Crippen LogP contribution in [0.25, 0.3) is 0 Å². The summed E-state index contributed by atoms with van der Waals surface area (Å²) in [5, 5.41) is 70.6. The molecule has 0 aliphatic carbocycles. The van der Waals surface area contributed by atoms with Crippen LogP contribution in [0.5, 0.6) is 0 Å². The zero-order valence-electron chi connectivity index (χ0n) is 48.0. The van der Waals surface area contributed by atoms with E-state index in [2.05, 4.69) is 52.8 Å². The lowest BCUT2D eigenvalue weighted by Crippen LogP contribution is -2.62. The lowest BCUT2D eigenvalue weighted by molar-refractivity contribution is -0.143. The standard InChI is InChI=1S/C52H85N15O18/c1-5-27(4)41(67-45(78)32(17-19-39(73)74)60-43(76)30(14-9-10-20-53)59-42(75)29(54)23-37(55)70)50(83)66-40(26(2)3)49(82)61-31(16-18-38(71)72)44(77)64-36(25-69)48(81)63-34(22-28-12-7-6-8-13-28)46(79)65-35(24-68)47(80)62-33(51(84)85)15-11-21-58-52(56)57/h6-8,12-13,26-27,29-36,40-41,68-69H,5,9-11,14-25,53-54H2,1-4H3,(H2,55,70)(H,59,75)(H,60,76)(H,61,82)(H,62,80)(H,63,81)(H,64,77)(H,65,79)(H,66,83)(H,67,78)(H,71,72)(H,73,74)(H,84,85)(H4,56,57,58)/t27-,29-,30-,31-,32-,33-,34-,35-,36-,40-,41-/m0/s1. The van der Waals surface area contributed by atoms with Crippen LogP contribution in [0.2, 0.25) is 0 Å². The smallest absolute Gasteiger partial charge is 0.326 e. The average Bonchev–Trinajstić information content (AvgIpc) is 3.62. The first-order valence-electron chi connectivity index (χ1n) is 27.4. The van der Waals surface area contributed by atoms with Gasteiger partial charge in [-0.25, -0.2) is 4.79 Å². The quantitative estimate of drug-likeness (QED) is 0.0164. The SMILES string of the molecule is CC[C@H](C)[C@H](NC(=O)[C@H](CCC(=O)O)NC(=O)[C@H](CCCCN)NC(=O)[C@@H](N)CC(N)=O)C(=O)N[C@H](C(=O)N[C@@H](CCC(=O)O)C(=O)N[C@@H](CO)C(=O)N[C@@H](Cc1ccccc1)C(=O)N[C@@H](CO)C(=O)N[C@@H](CCCN=C(N)N)C(=O)O)C(C)C. The molecule has 10 amide bonds. The minimum atomic E-state index is -1.91. The summed E-state index contributed by atoms with van der Waals surface area (Å²) in [7, 11) is 0. The molecule has 1 rings (SSSR count). The highest BCUT2D eigenvalue weighted by molar-refractivity contribution is 5.99. The summed E-state index contributed by atoms with van der Waals surface area (Å²) in [4.78, 5) is 174. The Hall–Kier alpha value is -8.56. The van der Waals surface area contributed by atoms with Gasteiger partial charge in [0.1, 0.15) is 54.4 Å². The predicted molar refractivity (Wildman–Crippen MR) is 302 cm³/mol. The maximum atomic E-state index is 14.2. The third-order valence-corrected chi connectivity index (χ3v) is 13.0. The number of nitrogens with two attached hydrogens (primary N) is 5. The molecular formula is C52H85N15O18. The van der Waals surface area contributed by atoms with Crippen LogP contribution in [0.1, 0.15) is 104 Å². The van der Waals surface area contributed by atoms with Crippen LogP contribution in [0.3, 0.4) is 0 Å². The van der Waals surface area contributed by atoms with Gasteiger partial charge in [-0.1, -0.05) is 64.4 Å². The number of aliphatic carboxylic acids is 3. The molecule has 0 spiro atoms. The van der Waals surface area contributed by atoms with E-state index in [1.807, 2.05) is 0 Å². The Morgan fingerprint density at radius 3 is 1.38 bits per heavy atom. The number of benzene rings is 1. The number of primary amides is 1. The third-order valence-electron chi connectivity index (χ3n) is 13.0. The fraction of sp³-hybridized carbons (Fsp3) is 0.615. The van der Waals surface area contributed by atoms with E-state index in [0.717, 1.165) is 0 Å². The van der Waals surface area contributed by atoms with E-state index in [0.29, 0.717) is 18.4 Å². The molecule has 0 bridgehead atoms. The van der Waals surface area contributed by atoms with Crippen LogP contribution in [-0.2, 0) is 68.7 Å². The number of aliphatic hydroxyl groups excluding tert-OH is 2. The first-order chi connectivity index (χ1) is 40.0. The molecule has 0 fully saturated rings. The number of nitrogens with zero attached hydrogens (tertiary/aromatic N) is 1. The number of carbonyl (C=O) groups excluding carboxylic acids is 10. The Morgan fingerprint density at radius 2 is 0.918 bits per heavy atom. The van der Waals surface area contributed by atoms with Crippen LogP contribution >= 0.6 is 0 Å². The van der Waals surface area contributed by atoms with Crippen molar-refractivity contribution in [1.82, 2.24) is 47.9 Å². The Bertz CT molecular complexity index is 2470. The highest BCUT2D eigenvalue weighted by atomic mass is 16.4. The first kappa shape index (κ1) is 74.5. The second-order valence-electron chi connectivity index (χ2n) is 20.3. The molecule has 0 saturated carbocycles. The monoisotopic (exact) mass is 1210 g/mol. The van der Waals surface area contributed by atoms with Crippen LogP contribution in [0, 0.1) is 11.8 Å². The zero-order chi connectivity index (χ0) is 64.5. The number of hydrogen-bond acceptors (Lipinski definition) is 18. The van der Waals surface area contributed by atoms with Crippen LogP contribution in [-0.4, -0.2) is 195 Å². The Kier molecular flexibility index (Phi) is 34.2. The second-order valence-corrected chi connectivity index (χ2v) is 20.3. The summed E-state index contributed by atoms with van der Waals surface area (Å²) < 4.78 is 0. The Morgan fingerprint density at radius 1 is 0.506 bits per heavy atom. The number of carboxylic acid groups (broad SMARTS) is 3. The number of carboxylic acids is 3.